The van der Waals surface area contributed by atoms with Gasteiger partial charge in [0.05, 0.1) is 0 Å². The highest BCUT2D eigenvalue weighted by molar-refractivity contribution is 7.99. The van der Waals surface area contributed by atoms with Gasteiger partial charge in [0.2, 0.25) is 0 Å². The predicted molar refractivity (Wildman–Crippen MR) is 221 cm³/mol. The van der Waals surface area contributed by atoms with Crippen molar-refractivity contribution in [1.29, 1.82) is 0 Å². The van der Waals surface area contributed by atoms with Crippen LogP contribution in [0.3, 0.4) is 0 Å². The van der Waals surface area contributed by atoms with Gasteiger partial charge >= 0.3 is 0 Å². The number of unbranched alkanes of at least 4 members (excludes halogenated alkanes) is 3. The number of halogens is 1. The first kappa shape index (κ1) is 50.9. The van der Waals surface area contributed by atoms with Crippen molar-refractivity contribution in [3.8, 4) is 0 Å². The zero-order chi connectivity index (χ0) is 36.1. The van der Waals surface area contributed by atoms with Crippen LogP contribution in [-0.2, 0) is 6.42 Å². The molecular formula is C42H75ClN2S. The molecule has 46 heavy (non-hydrogen) atoms. The van der Waals surface area contributed by atoms with Crippen molar-refractivity contribution in [2.45, 2.75) is 144 Å². The van der Waals surface area contributed by atoms with Crippen LogP contribution in [-0.4, -0.2) is 25.4 Å². The molecule has 1 heterocycles. The second kappa shape index (κ2) is 39.2. The maximum Gasteiger partial charge on any atom is 0.0382 e. The van der Waals surface area contributed by atoms with Gasteiger partial charge in [-0.25, -0.2) is 0 Å². The molecule has 0 aromatic heterocycles. The van der Waals surface area contributed by atoms with Crippen molar-refractivity contribution in [3.63, 3.8) is 0 Å². The van der Waals surface area contributed by atoms with E-state index in [-0.39, 0.29) is 0 Å². The number of rotatable bonds is 13. The van der Waals surface area contributed by atoms with Crippen molar-refractivity contribution in [2.24, 2.45) is 10.4 Å². The summed E-state index contributed by atoms with van der Waals surface area (Å²) in [5.74, 6) is 1.34. The average Bonchev–Trinajstić information content (AvgIpc) is 3.29. The molecule has 2 aromatic carbocycles. The van der Waals surface area contributed by atoms with E-state index in [9.17, 15) is 0 Å². The number of alkyl halides is 1. The monoisotopic (exact) mass is 675 g/mol. The SMILES string of the molecule is C=C.C=NCCCCC(=C)Nc1ccccc1.CC.CC.CCC.CCCCC1(CCCC)CCc2cc(C)ccc2SC1.CCl. The van der Waals surface area contributed by atoms with Gasteiger partial charge in [0.25, 0.3) is 0 Å². The van der Waals surface area contributed by atoms with E-state index in [0.717, 1.165) is 37.2 Å². The molecule has 0 amide bonds. The largest absolute Gasteiger partial charge is 0.359 e. The van der Waals surface area contributed by atoms with Crippen LogP contribution in [0.15, 0.2) is 83.9 Å². The van der Waals surface area contributed by atoms with Crippen LogP contribution < -0.4 is 5.32 Å². The van der Waals surface area contributed by atoms with E-state index in [1.54, 1.807) is 10.5 Å². The summed E-state index contributed by atoms with van der Waals surface area (Å²) in [6.07, 6.45) is 16.9. The van der Waals surface area contributed by atoms with E-state index in [0.29, 0.717) is 5.41 Å². The molecule has 3 rings (SSSR count). The minimum absolute atomic E-state index is 0.601. The Balaban J connectivity index is -0.000000300. The van der Waals surface area contributed by atoms with E-state index < -0.39 is 0 Å². The van der Waals surface area contributed by atoms with E-state index in [2.05, 4.69) is 113 Å². The van der Waals surface area contributed by atoms with Crippen molar-refractivity contribution in [2.75, 3.05) is 24.0 Å². The van der Waals surface area contributed by atoms with E-state index >= 15 is 0 Å². The van der Waals surface area contributed by atoms with Crippen LogP contribution in [0.5, 0.6) is 0 Å². The number of anilines is 1. The molecule has 0 aliphatic carbocycles. The zero-order valence-corrected chi connectivity index (χ0v) is 33.7. The van der Waals surface area contributed by atoms with Gasteiger partial charge in [-0.1, -0.05) is 130 Å². The number of thioether (sulfide) groups is 1. The number of allylic oxidation sites excluding steroid dienone is 1. The van der Waals surface area contributed by atoms with Crippen molar-refractivity contribution >= 4 is 35.8 Å². The number of para-hydroxylation sites is 1. The van der Waals surface area contributed by atoms with Crippen molar-refractivity contribution < 1.29 is 0 Å². The summed E-state index contributed by atoms with van der Waals surface area (Å²) in [6, 6.07) is 17.1. The molecule has 1 aliphatic heterocycles. The summed E-state index contributed by atoms with van der Waals surface area (Å²) in [6.45, 7) is 33.4. The number of fused-ring (bicyclic) bond motifs is 1. The molecule has 0 fully saturated rings. The molecule has 1 aliphatic rings. The minimum atomic E-state index is 0.601. The summed E-state index contributed by atoms with van der Waals surface area (Å²) in [5, 5.41) is 3.28. The third-order valence-corrected chi connectivity index (χ3v) is 8.40. The highest BCUT2D eigenvalue weighted by Crippen LogP contribution is 2.44. The molecule has 0 bridgehead atoms. The summed E-state index contributed by atoms with van der Waals surface area (Å²) in [5.41, 5.74) is 5.78. The lowest BCUT2D eigenvalue weighted by Crippen LogP contribution is -2.24. The number of aryl methyl sites for hydroxylation is 2. The van der Waals surface area contributed by atoms with Crippen LogP contribution in [0.2, 0.25) is 0 Å². The maximum absolute atomic E-state index is 4.64. The Hall–Kier alpha value is -1.97. The lowest BCUT2D eigenvalue weighted by atomic mass is 9.75. The lowest BCUT2D eigenvalue weighted by Gasteiger charge is -2.32. The van der Waals surface area contributed by atoms with Crippen molar-refractivity contribution in [3.05, 3.63) is 85.1 Å². The fourth-order valence-electron chi connectivity index (χ4n) is 4.72. The molecule has 0 saturated heterocycles. The Bertz CT molecular complexity index is 905. The molecule has 2 aromatic rings. The first-order valence-electron chi connectivity index (χ1n) is 18.0. The van der Waals surface area contributed by atoms with E-state index in [1.165, 1.54) is 75.5 Å². The average molecular weight is 676 g/mol. The number of hydrogen-bond acceptors (Lipinski definition) is 3. The Morgan fingerprint density at radius 1 is 0.870 bits per heavy atom. The van der Waals surface area contributed by atoms with Crippen molar-refractivity contribution in [1.82, 2.24) is 0 Å². The normalized spacial score (nSPS) is 11.6. The van der Waals surface area contributed by atoms with Gasteiger partial charge in [0.1, 0.15) is 0 Å². The van der Waals surface area contributed by atoms with Crippen LogP contribution >= 0.6 is 23.4 Å². The molecule has 1 N–H and O–H groups in total. The molecule has 0 spiro atoms. The third kappa shape index (κ3) is 27.2. The smallest absolute Gasteiger partial charge is 0.0382 e. The fourth-order valence-corrected chi connectivity index (χ4v) is 6.13. The summed E-state index contributed by atoms with van der Waals surface area (Å²) in [7, 11) is 0. The first-order chi connectivity index (χ1) is 22.4. The second-order valence-corrected chi connectivity index (χ2v) is 11.8. The summed E-state index contributed by atoms with van der Waals surface area (Å²) >= 11 is 6.76. The zero-order valence-electron chi connectivity index (χ0n) is 32.1. The predicted octanol–water partition coefficient (Wildman–Crippen LogP) is 15.0. The number of nitrogens with one attached hydrogen (secondary N) is 1. The van der Waals surface area contributed by atoms with Gasteiger partial charge in [-0.3, -0.25) is 0 Å². The van der Waals surface area contributed by atoms with Gasteiger partial charge in [-0.05, 0) is 87.8 Å². The molecule has 2 nitrogen and oxygen atoms in total. The lowest BCUT2D eigenvalue weighted by molar-refractivity contribution is 0.244. The highest BCUT2D eigenvalue weighted by Gasteiger charge is 2.31. The number of hydrogen-bond donors (Lipinski definition) is 1. The number of nitrogens with zero attached hydrogens (tertiary/aromatic N) is 1. The minimum Gasteiger partial charge on any atom is -0.359 e. The molecule has 0 unspecified atom stereocenters. The number of aliphatic imine (C=N–C) groups is 1. The van der Waals surface area contributed by atoms with Gasteiger partial charge in [-0.15, -0.1) is 36.5 Å². The topological polar surface area (TPSA) is 24.4 Å². The third-order valence-electron chi connectivity index (χ3n) is 6.94. The molecule has 0 radical (unpaired) electrons. The summed E-state index contributed by atoms with van der Waals surface area (Å²) < 4.78 is 0. The summed E-state index contributed by atoms with van der Waals surface area (Å²) in [4.78, 5) is 5.36. The molecule has 4 heteroatoms. The quantitative estimate of drug-likeness (QED) is 0.0989. The van der Waals surface area contributed by atoms with Crippen LogP contribution in [0.1, 0.15) is 137 Å². The number of benzene rings is 2. The van der Waals surface area contributed by atoms with Gasteiger partial charge in [-0.2, -0.15) is 0 Å². The Morgan fingerprint density at radius 2 is 1.41 bits per heavy atom. The van der Waals surface area contributed by atoms with Gasteiger partial charge in [0.15, 0.2) is 0 Å². The highest BCUT2D eigenvalue weighted by atomic mass is 35.5. The van der Waals surface area contributed by atoms with E-state index in [4.69, 9.17) is 0 Å². The molecule has 0 saturated carbocycles. The second-order valence-electron chi connectivity index (χ2n) is 10.8. The standard InChI is InChI=1S/C19H30S.C13H18N2.C3H8.2C2H6.C2H4.CH3Cl/c1-4-6-11-19(12-7-5-2)13-10-17-14-16(3)8-9-18(17)20-15-19;1-12(8-6-7-11-14-2)15-13-9-4-3-5-10-13;1-3-2;4*1-2/h8-9,14H,4-7,10-13,15H2,1-3H3;3-5,9-10,15H,1-2,6-8,11H2;3H2,1-2H3;2*1-2H3;1-2H2;1H3. The Labute approximate surface area is 298 Å². The first-order valence-corrected chi connectivity index (χ1v) is 19.7. The van der Waals surface area contributed by atoms with Gasteiger partial charge < -0.3 is 10.3 Å². The van der Waals surface area contributed by atoms with E-state index in [1.807, 2.05) is 58.0 Å². The molecule has 266 valence electrons. The molecular weight excluding hydrogens is 600 g/mol. The van der Waals surface area contributed by atoms with Gasteiger partial charge in [0, 0.05) is 35.0 Å². The molecule has 0 atom stereocenters. The van der Waals surface area contributed by atoms with Crippen LogP contribution in [0.4, 0.5) is 5.69 Å². The fraction of sp³-hybridized carbons (Fsp3) is 0.595. The van der Waals surface area contributed by atoms with Crippen LogP contribution in [0, 0.1) is 12.3 Å². The Morgan fingerprint density at radius 3 is 1.91 bits per heavy atom. The Kier molecular flexibility index (Phi) is 43.4. The maximum atomic E-state index is 4.64. The van der Waals surface area contributed by atoms with Crippen LogP contribution in [0.25, 0.3) is 0 Å².